The van der Waals surface area contributed by atoms with Crippen LogP contribution in [0.2, 0.25) is 0 Å². The van der Waals surface area contributed by atoms with Gasteiger partial charge in [0.25, 0.3) is 11.8 Å². The van der Waals surface area contributed by atoms with Crippen molar-refractivity contribution in [3.63, 3.8) is 0 Å². The molecule has 1 aliphatic heterocycles. The van der Waals surface area contributed by atoms with Gasteiger partial charge in [-0.25, -0.2) is 9.97 Å². The largest absolute Gasteiger partial charge is 0.339 e. The average Bonchev–Trinajstić information content (AvgIpc) is 3.43. The molecule has 412 valence electrons. The van der Waals surface area contributed by atoms with Gasteiger partial charge in [-0.05, 0) is 62.8 Å². The van der Waals surface area contributed by atoms with Crippen LogP contribution in [0.5, 0.6) is 0 Å². The van der Waals surface area contributed by atoms with Crippen LogP contribution in [0.1, 0.15) is 311 Å². The van der Waals surface area contributed by atoms with Crippen molar-refractivity contribution >= 4 is 33.6 Å². The summed E-state index contributed by atoms with van der Waals surface area (Å²) in [6.45, 7) is 12.0. The SMILES string of the molecule is CCCCCCCCCCCCN(CCCCCCCCCCCC)C(=O)c1ccc2nc1C(=O)N(CCCCCCCCCCCC)CCCCCC(CCCCCC)c1ccc3ccc4ccc-2nc4c3n1. The number of rotatable bonds is 39. The van der Waals surface area contributed by atoms with Crippen LogP contribution in [0.25, 0.3) is 33.2 Å². The molecule has 0 aliphatic carbocycles. The van der Waals surface area contributed by atoms with E-state index in [0.29, 0.717) is 41.7 Å². The Morgan fingerprint density at radius 3 is 1.45 bits per heavy atom. The molecule has 1 unspecified atom stereocenters. The second-order valence-electron chi connectivity index (χ2n) is 22.8. The normalized spacial score (nSPS) is 14.3. The van der Waals surface area contributed by atoms with Crippen LogP contribution < -0.4 is 0 Å². The number of carbonyl (C=O) groups is 2. The maximum absolute atomic E-state index is 15.4. The van der Waals surface area contributed by atoms with E-state index >= 15 is 9.59 Å². The average molecular weight is 1010 g/mol. The van der Waals surface area contributed by atoms with Gasteiger partial charge in [0.2, 0.25) is 0 Å². The Bertz CT molecular complexity index is 2110. The number of aromatic nitrogens is 3. The summed E-state index contributed by atoms with van der Waals surface area (Å²) in [5.74, 6) is 0.255. The number of pyridine rings is 3. The van der Waals surface area contributed by atoms with Crippen LogP contribution in [-0.2, 0) is 0 Å². The van der Waals surface area contributed by atoms with Crippen LogP contribution >= 0.6 is 0 Å². The van der Waals surface area contributed by atoms with Gasteiger partial charge < -0.3 is 9.80 Å². The van der Waals surface area contributed by atoms with E-state index in [1.165, 1.54) is 185 Å². The molecule has 7 heteroatoms. The molecule has 1 aromatic carbocycles. The van der Waals surface area contributed by atoms with Crippen LogP contribution in [-0.4, -0.2) is 62.7 Å². The third kappa shape index (κ3) is 22.0. The molecular formula is C67H107N5O2. The number of benzene rings is 1. The summed E-state index contributed by atoms with van der Waals surface area (Å²) in [4.78, 5) is 50.9. The van der Waals surface area contributed by atoms with E-state index in [2.05, 4.69) is 67.8 Å². The van der Waals surface area contributed by atoms with Crippen molar-refractivity contribution in [3.05, 3.63) is 65.5 Å². The van der Waals surface area contributed by atoms with Gasteiger partial charge in [-0.2, -0.15) is 0 Å². The number of nitrogens with zero attached hydrogens (tertiary/aromatic N) is 5. The molecule has 3 aromatic heterocycles. The third-order valence-electron chi connectivity index (χ3n) is 16.4. The van der Waals surface area contributed by atoms with Crippen molar-refractivity contribution in [3.8, 4) is 11.4 Å². The number of amides is 2. The zero-order valence-corrected chi connectivity index (χ0v) is 48.2. The Morgan fingerprint density at radius 2 is 0.905 bits per heavy atom. The predicted molar refractivity (Wildman–Crippen MR) is 318 cm³/mol. The lowest BCUT2D eigenvalue weighted by Crippen LogP contribution is -2.38. The highest BCUT2D eigenvalue weighted by Gasteiger charge is 2.28. The van der Waals surface area contributed by atoms with Crippen LogP contribution in [0.4, 0.5) is 0 Å². The van der Waals surface area contributed by atoms with Crippen LogP contribution in [0, 0.1) is 0 Å². The van der Waals surface area contributed by atoms with Crippen molar-refractivity contribution in [2.45, 2.75) is 284 Å². The lowest BCUT2D eigenvalue weighted by molar-refractivity contribution is 0.0705. The van der Waals surface area contributed by atoms with Crippen molar-refractivity contribution in [1.82, 2.24) is 24.8 Å². The van der Waals surface area contributed by atoms with Crippen molar-refractivity contribution in [2.24, 2.45) is 0 Å². The quantitative estimate of drug-likeness (QED) is 0.0329. The predicted octanol–water partition coefficient (Wildman–Crippen LogP) is 20.1. The molecule has 0 saturated heterocycles. The monoisotopic (exact) mass is 1010 g/mol. The van der Waals surface area contributed by atoms with E-state index in [-0.39, 0.29) is 11.8 Å². The first-order chi connectivity index (χ1) is 36.5. The summed E-state index contributed by atoms with van der Waals surface area (Å²) >= 11 is 0. The van der Waals surface area contributed by atoms with Crippen LogP contribution in [0.15, 0.2) is 48.5 Å². The van der Waals surface area contributed by atoms with E-state index in [9.17, 15) is 0 Å². The number of hydrogen-bond acceptors (Lipinski definition) is 5. The number of fused-ring (bicyclic) bond motifs is 5. The fraction of sp³-hybridized carbons (Fsp3) is 0.716. The molecule has 0 N–H and O–H groups in total. The Morgan fingerprint density at radius 1 is 0.473 bits per heavy atom. The number of carbonyl (C=O) groups excluding carboxylic acids is 2. The first-order valence-electron chi connectivity index (χ1n) is 31.8. The summed E-state index contributed by atoms with van der Waals surface area (Å²) in [5, 5.41) is 2.13. The fourth-order valence-corrected chi connectivity index (χ4v) is 11.5. The van der Waals surface area contributed by atoms with E-state index in [1.807, 2.05) is 18.2 Å². The molecule has 4 heterocycles. The topological polar surface area (TPSA) is 79.3 Å². The summed E-state index contributed by atoms with van der Waals surface area (Å²) < 4.78 is 0. The van der Waals surface area contributed by atoms with Crippen LogP contribution in [0.3, 0.4) is 0 Å². The van der Waals surface area contributed by atoms with Gasteiger partial charge in [0, 0.05) is 48.6 Å². The van der Waals surface area contributed by atoms with E-state index in [0.717, 1.165) is 106 Å². The minimum atomic E-state index is -0.0986. The lowest BCUT2D eigenvalue weighted by atomic mass is 9.91. The molecule has 4 aromatic rings. The van der Waals surface area contributed by atoms with Crippen molar-refractivity contribution in [2.75, 3.05) is 26.2 Å². The second-order valence-corrected chi connectivity index (χ2v) is 22.8. The zero-order chi connectivity index (χ0) is 52.3. The molecule has 0 spiro atoms. The summed E-state index contributed by atoms with van der Waals surface area (Å²) in [6, 6.07) is 16.9. The second kappa shape index (κ2) is 37.8. The summed E-state index contributed by atoms with van der Waals surface area (Å²) in [5.41, 5.74) is 5.07. The standard InChI is InChI=1S/C67H107N5O2/c1-5-9-13-17-20-23-26-29-32-38-52-71(53-39-33-30-27-24-21-18-14-10-6-2)66(73)59-48-51-62-61-50-47-58-45-44-57-46-49-60(68-63(57)64(58)69-61)56(42-36-16-12-8-4)43-37-35-41-55-72(67(74)65(59)70-62)54-40-34-31-28-25-22-19-15-11-7-3/h44-51,56H,5-43,52-55H2,1-4H3. The number of unbranched alkanes of at least 4 members (excludes halogenated alkanes) is 30. The molecular weight excluding hydrogens is 907 g/mol. The van der Waals surface area contributed by atoms with Crippen molar-refractivity contribution in [1.29, 1.82) is 0 Å². The molecule has 0 fully saturated rings. The van der Waals surface area contributed by atoms with Gasteiger partial charge in [0.1, 0.15) is 5.69 Å². The molecule has 0 radical (unpaired) electrons. The first-order valence-corrected chi connectivity index (χ1v) is 31.8. The van der Waals surface area contributed by atoms with Gasteiger partial charge in [-0.15, -0.1) is 0 Å². The minimum Gasteiger partial charge on any atom is -0.339 e. The third-order valence-corrected chi connectivity index (χ3v) is 16.4. The molecule has 2 amide bonds. The molecule has 6 bridgehead atoms. The van der Waals surface area contributed by atoms with E-state index < -0.39 is 0 Å². The van der Waals surface area contributed by atoms with Gasteiger partial charge in [0.05, 0.1) is 28.0 Å². The van der Waals surface area contributed by atoms with Gasteiger partial charge in [-0.1, -0.05) is 264 Å². The van der Waals surface area contributed by atoms with E-state index in [4.69, 9.17) is 15.0 Å². The molecule has 74 heavy (non-hydrogen) atoms. The summed E-state index contributed by atoms with van der Waals surface area (Å²) in [7, 11) is 0. The van der Waals surface area contributed by atoms with Gasteiger partial charge in [-0.3, -0.25) is 14.6 Å². The van der Waals surface area contributed by atoms with Gasteiger partial charge in [0.15, 0.2) is 0 Å². The maximum Gasteiger partial charge on any atom is 0.273 e. The highest BCUT2D eigenvalue weighted by molar-refractivity contribution is 6.07. The fourth-order valence-electron chi connectivity index (χ4n) is 11.5. The lowest BCUT2D eigenvalue weighted by Gasteiger charge is -2.26. The van der Waals surface area contributed by atoms with E-state index in [1.54, 1.807) is 0 Å². The molecule has 0 saturated carbocycles. The smallest absolute Gasteiger partial charge is 0.273 e. The first kappa shape index (κ1) is 61.0. The Labute approximate surface area is 453 Å². The molecule has 1 aliphatic rings. The molecule has 1 atom stereocenters. The highest BCUT2D eigenvalue weighted by atomic mass is 16.2. The Kier molecular flexibility index (Phi) is 31.2. The maximum atomic E-state index is 15.4. The minimum absolute atomic E-state index is 0.0387. The summed E-state index contributed by atoms with van der Waals surface area (Å²) in [6.07, 6.45) is 48.0. The number of hydrogen-bond donors (Lipinski definition) is 0. The zero-order valence-electron chi connectivity index (χ0n) is 48.2. The van der Waals surface area contributed by atoms with Gasteiger partial charge >= 0.3 is 0 Å². The Hall–Kier alpha value is -3.87. The molecule has 5 rings (SSSR count). The Balaban J connectivity index is 1.44. The highest BCUT2D eigenvalue weighted by Crippen LogP contribution is 2.33. The molecule has 7 nitrogen and oxygen atoms in total. The van der Waals surface area contributed by atoms with Crippen molar-refractivity contribution < 1.29 is 9.59 Å².